The highest BCUT2D eigenvalue weighted by atomic mass is 32.2. The molecule has 1 aromatic rings. The molecule has 1 N–H and O–H groups in total. The van der Waals surface area contributed by atoms with E-state index in [1.54, 1.807) is 12.1 Å². The number of thioether (sulfide) groups is 1. The highest BCUT2D eigenvalue weighted by molar-refractivity contribution is 8.00. The Balaban J connectivity index is 2.87. The number of hydrogen-bond acceptors (Lipinski definition) is 3. The molecule has 0 amide bonds. The summed E-state index contributed by atoms with van der Waals surface area (Å²) in [6.07, 6.45) is 0.582. The molecule has 0 aliphatic rings. The number of carbonyl (C=O) groups is 1. The number of nitriles is 1. The summed E-state index contributed by atoms with van der Waals surface area (Å²) in [4.78, 5) is 11.8. The lowest BCUT2D eigenvalue weighted by atomic mass is 10.1. The van der Waals surface area contributed by atoms with Crippen LogP contribution in [-0.4, -0.2) is 16.3 Å². The third kappa shape index (κ3) is 3.01. The van der Waals surface area contributed by atoms with Crippen molar-refractivity contribution in [1.29, 1.82) is 5.26 Å². The molecule has 0 radical (unpaired) electrons. The van der Waals surface area contributed by atoms with E-state index in [2.05, 4.69) is 6.07 Å². The summed E-state index contributed by atoms with van der Waals surface area (Å²) in [7, 11) is 0. The van der Waals surface area contributed by atoms with Crippen molar-refractivity contribution in [3.05, 3.63) is 29.3 Å². The van der Waals surface area contributed by atoms with E-state index in [0.29, 0.717) is 12.0 Å². The van der Waals surface area contributed by atoms with Crippen LogP contribution in [0.2, 0.25) is 0 Å². The lowest BCUT2D eigenvalue weighted by molar-refractivity contribution is -0.136. The van der Waals surface area contributed by atoms with Crippen molar-refractivity contribution in [3.63, 3.8) is 0 Å². The Kier molecular flexibility index (Phi) is 4.39. The van der Waals surface area contributed by atoms with Crippen LogP contribution in [0.3, 0.4) is 0 Å². The van der Waals surface area contributed by atoms with Crippen LogP contribution in [0.4, 0.5) is 0 Å². The lowest BCUT2D eigenvalue weighted by Gasteiger charge is -2.10. The first kappa shape index (κ1) is 12.6. The summed E-state index contributed by atoms with van der Waals surface area (Å²) < 4.78 is 0. The van der Waals surface area contributed by atoms with Gasteiger partial charge in [0.1, 0.15) is 5.25 Å². The largest absolute Gasteiger partial charge is 0.480 e. The maximum Gasteiger partial charge on any atom is 0.316 e. The van der Waals surface area contributed by atoms with E-state index in [-0.39, 0.29) is 0 Å². The van der Waals surface area contributed by atoms with Gasteiger partial charge in [-0.15, -0.1) is 11.8 Å². The van der Waals surface area contributed by atoms with Gasteiger partial charge < -0.3 is 5.11 Å². The maximum atomic E-state index is 10.9. The zero-order valence-electron chi connectivity index (χ0n) is 9.23. The van der Waals surface area contributed by atoms with Crippen molar-refractivity contribution in [2.75, 3.05) is 0 Å². The van der Waals surface area contributed by atoms with Gasteiger partial charge in [0.15, 0.2) is 0 Å². The molecule has 1 rings (SSSR count). The number of rotatable bonds is 4. The summed E-state index contributed by atoms with van der Waals surface area (Å²) in [6.45, 7) is 3.70. The minimum Gasteiger partial charge on any atom is -0.480 e. The number of hydrogen-bond donors (Lipinski definition) is 1. The van der Waals surface area contributed by atoms with Crippen molar-refractivity contribution in [2.45, 2.75) is 30.4 Å². The molecule has 0 saturated heterocycles. The Morgan fingerprint density at radius 3 is 2.75 bits per heavy atom. The average Bonchev–Trinajstić information content (AvgIpc) is 2.25. The fourth-order valence-electron chi connectivity index (χ4n) is 1.31. The van der Waals surface area contributed by atoms with Crippen LogP contribution < -0.4 is 0 Å². The number of aryl methyl sites for hydroxylation is 1. The van der Waals surface area contributed by atoms with Gasteiger partial charge in [0, 0.05) is 4.90 Å². The molecule has 0 aromatic heterocycles. The van der Waals surface area contributed by atoms with E-state index in [9.17, 15) is 4.79 Å². The molecule has 1 unspecified atom stereocenters. The second-order valence-electron chi connectivity index (χ2n) is 3.44. The van der Waals surface area contributed by atoms with E-state index < -0.39 is 11.2 Å². The van der Waals surface area contributed by atoms with Gasteiger partial charge in [-0.05, 0) is 37.1 Å². The number of carboxylic acids is 1. The van der Waals surface area contributed by atoms with Gasteiger partial charge >= 0.3 is 5.97 Å². The Morgan fingerprint density at radius 1 is 1.62 bits per heavy atom. The van der Waals surface area contributed by atoms with Gasteiger partial charge in [-0.25, -0.2) is 0 Å². The van der Waals surface area contributed by atoms with E-state index in [1.165, 1.54) is 11.8 Å². The third-order valence-corrected chi connectivity index (χ3v) is 3.59. The quantitative estimate of drug-likeness (QED) is 0.815. The molecule has 4 heteroatoms. The molecule has 3 nitrogen and oxygen atoms in total. The monoisotopic (exact) mass is 235 g/mol. The molecule has 1 aromatic carbocycles. The van der Waals surface area contributed by atoms with Crippen LogP contribution >= 0.6 is 11.8 Å². The van der Waals surface area contributed by atoms with Crippen molar-refractivity contribution in [2.24, 2.45) is 0 Å². The van der Waals surface area contributed by atoms with Gasteiger partial charge in [0.25, 0.3) is 0 Å². The molecule has 0 aliphatic carbocycles. The number of nitrogens with zero attached hydrogens (tertiary/aromatic N) is 1. The molecule has 0 bridgehead atoms. The van der Waals surface area contributed by atoms with Gasteiger partial charge in [-0.3, -0.25) is 4.79 Å². The van der Waals surface area contributed by atoms with Gasteiger partial charge in [-0.2, -0.15) is 5.26 Å². The molecule has 84 valence electrons. The zero-order chi connectivity index (χ0) is 12.1. The minimum absolute atomic E-state index is 0.424. The fourth-order valence-corrected chi connectivity index (χ4v) is 2.29. The highest BCUT2D eigenvalue weighted by Crippen LogP contribution is 2.27. The number of aliphatic carboxylic acids is 1. The maximum absolute atomic E-state index is 10.9. The normalized spacial score (nSPS) is 11.8. The summed E-state index contributed by atoms with van der Waals surface area (Å²) >= 11 is 1.32. The SMILES string of the molecule is CCC(Sc1ccc(C#N)c(C)c1)C(=O)O. The van der Waals surface area contributed by atoms with Gasteiger partial charge in [0.05, 0.1) is 11.6 Å². The van der Waals surface area contributed by atoms with Crippen molar-refractivity contribution < 1.29 is 9.90 Å². The predicted molar refractivity (Wildman–Crippen MR) is 63.5 cm³/mol. The lowest BCUT2D eigenvalue weighted by Crippen LogP contribution is -2.14. The van der Waals surface area contributed by atoms with E-state index in [0.717, 1.165) is 10.5 Å². The van der Waals surface area contributed by atoms with Crippen LogP contribution in [0.5, 0.6) is 0 Å². The zero-order valence-corrected chi connectivity index (χ0v) is 10.0. The minimum atomic E-state index is -0.797. The molecule has 0 saturated carbocycles. The van der Waals surface area contributed by atoms with Gasteiger partial charge in [0.2, 0.25) is 0 Å². The standard InChI is InChI=1S/C12H13NO2S/c1-3-11(12(14)15)16-10-5-4-9(7-13)8(2)6-10/h4-6,11H,3H2,1-2H3,(H,14,15). The topological polar surface area (TPSA) is 61.1 Å². The van der Waals surface area contributed by atoms with Gasteiger partial charge in [-0.1, -0.05) is 6.92 Å². The van der Waals surface area contributed by atoms with E-state index in [1.807, 2.05) is 19.9 Å². The smallest absolute Gasteiger partial charge is 0.316 e. The number of benzene rings is 1. The second-order valence-corrected chi connectivity index (χ2v) is 4.72. The van der Waals surface area contributed by atoms with Crippen molar-refractivity contribution in [3.8, 4) is 6.07 Å². The molecule has 0 heterocycles. The van der Waals surface area contributed by atoms with Crippen LogP contribution in [-0.2, 0) is 4.79 Å². The molecule has 0 fully saturated rings. The van der Waals surface area contributed by atoms with Crippen molar-refractivity contribution in [1.82, 2.24) is 0 Å². The summed E-state index contributed by atoms with van der Waals surface area (Å²) in [5.74, 6) is -0.797. The fraction of sp³-hybridized carbons (Fsp3) is 0.333. The first-order valence-electron chi connectivity index (χ1n) is 4.98. The highest BCUT2D eigenvalue weighted by Gasteiger charge is 2.16. The Morgan fingerprint density at radius 2 is 2.31 bits per heavy atom. The molecule has 0 spiro atoms. The first-order chi connectivity index (χ1) is 7.58. The average molecular weight is 235 g/mol. The predicted octanol–water partition coefficient (Wildman–Crippen LogP) is 2.82. The Hall–Kier alpha value is -1.47. The van der Waals surface area contributed by atoms with Crippen molar-refractivity contribution >= 4 is 17.7 Å². The van der Waals surface area contributed by atoms with Crippen LogP contribution in [0.1, 0.15) is 24.5 Å². The molecule has 16 heavy (non-hydrogen) atoms. The number of carboxylic acid groups (broad SMARTS) is 1. The third-order valence-electron chi connectivity index (χ3n) is 2.24. The second kappa shape index (κ2) is 5.57. The molecule has 1 atom stereocenters. The Labute approximate surface area is 99.1 Å². The summed E-state index contributed by atoms with van der Waals surface area (Å²) in [5, 5.41) is 17.3. The molecule has 0 aliphatic heterocycles. The van der Waals surface area contributed by atoms with E-state index >= 15 is 0 Å². The summed E-state index contributed by atoms with van der Waals surface area (Å²) in [6, 6.07) is 7.46. The molecular weight excluding hydrogens is 222 g/mol. The van der Waals surface area contributed by atoms with Crippen LogP contribution in [0.15, 0.2) is 23.1 Å². The summed E-state index contributed by atoms with van der Waals surface area (Å²) in [5.41, 5.74) is 1.51. The molecular formula is C12H13NO2S. The van der Waals surface area contributed by atoms with Crippen LogP contribution in [0.25, 0.3) is 0 Å². The van der Waals surface area contributed by atoms with Crippen LogP contribution in [0, 0.1) is 18.3 Å². The first-order valence-corrected chi connectivity index (χ1v) is 5.86. The Bertz CT molecular complexity index is 437. The van der Waals surface area contributed by atoms with E-state index in [4.69, 9.17) is 10.4 Å².